The number of sulfonamides is 1. The number of aliphatic imine (C=N–C) groups is 1. The molecule has 0 aliphatic rings. The highest BCUT2D eigenvalue weighted by Crippen LogP contribution is 2.25. The normalized spacial score (nSPS) is 12.8. The molecular weight excluding hydrogens is 485 g/mol. The number of benzene rings is 2. The SMILES string of the molecule is NC=C(C=NCCOC(F)(F)F)c1ccc(NC(=O)Cc2ccccc2Cl)cc1S(N)(=O)=O. The van der Waals surface area contributed by atoms with Gasteiger partial charge in [0.2, 0.25) is 15.9 Å². The Balaban J connectivity index is 2.21. The van der Waals surface area contributed by atoms with Crippen molar-refractivity contribution in [1.82, 2.24) is 0 Å². The molecule has 0 unspecified atom stereocenters. The summed E-state index contributed by atoms with van der Waals surface area (Å²) < 4.78 is 63.9. The first-order chi connectivity index (χ1) is 15.4. The van der Waals surface area contributed by atoms with Gasteiger partial charge in [0.25, 0.3) is 0 Å². The third-order valence-corrected chi connectivity index (χ3v) is 5.41. The van der Waals surface area contributed by atoms with E-state index in [-0.39, 0.29) is 34.7 Å². The van der Waals surface area contributed by atoms with E-state index in [1.165, 1.54) is 12.1 Å². The summed E-state index contributed by atoms with van der Waals surface area (Å²) in [6.45, 7) is -1.08. The van der Waals surface area contributed by atoms with Crippen LogP contribution in [0.2, 0.25) is 5.02 Å². The number of hydrogen-bond acceptors (Lipinski definition) is 6. The maximum Gasteiger partial charge on any atom is 0.522 e. The van der Waals surface area contributed by atoms with E-state index in [1.54, 1.807) is 24.3 Å². The van der Waals surface area contributed by atoms with E-state index in [9.17, 15) is 26.4 Å². The minimum absolute atomic E-state index is 0.0459. The summed E-state index contributed by atoms with van der Waals surface area (Å²) in [6.07, 6.45) is -2.71. The predicted octanol–water partition coefficient (Wildman–Crippen LogP) is 3.08. The van der Waals surface area contributed by atoms with Crippen LogP contribution in [-0.4, -0.2) is 40.1 Å². The maximum atomic E-state index is 12.3. The molecule has 0 spiro atoms. The fourth-order valence-electron chi connectivity index (χ4n) is 2.67. The Morgan fingerprint density at radius 3 is 2.52 bits per heavy atom. The number of allylic oxidation sites excluding steroid dienone is 1. The lowest BCUT2D eigenvalue weighted by Crippen LogP contribution is -2.18. The molecule has 0 bridgehead atoms. The number of nitrogens with one attached hydrogen (secondary N) is 1. The molecule has 5 N–H and O–H groups in total. The summed E-state index contributed by atoms with van der Waals surface area (Å²) in [4.78, 5) is 15.7. The average molecular weight is 505 g/mol. The molecule has 0 aliphatic carbocycles. The minimum Gasteiger partial charge on any atom is -0.404 e. The van der Waals surface area contributed by atoms with Crippen molar-refractivity contribution in [1.29, 1.82) is 0 Å². The van der Waals surface area contributed by atoms with Gasteiger partial charge in [-0.05, 0) is 23.8 Å². The second kappa shape index (κ2) is 11.3. The Morgan fingerprint density at radius 1 is 1.21 bits per heavy atom. The molecule has 0 heterocycles. The summed E-state index contributed by atoms with van der Waals surface area (Å²) in [7, 11) is -4.27. The number of anilines is 1. The van der Waals surface area contributed by atoms with Crippen molar-refractivity contribution in [2.24, 2.45) is 15.9 Å². The van der Waals surface area contributed by atoms with Crippen LogP contribution < -0.4 is 16.2 Å². The van der Waals surface area contributed by atoms with Crippen molar-refractivity contribution >= 4 is 45.0 Å². The lowest BCUT2D eigenvalue weighted by Gasteiger charge is -2.12. The van der Waals surface area contributed by atoms with Crippen LogP contribution in [-0.2, 0) is 26.0 Å². The molecule has 1 amide bonds. The fraction of sp³-hybridized carbons (Fsp3) is 0.200. The molecule has 13 heteroatoms. The molecule has 0 radical (unpaired) electrons. The van der Waals surface area contributed by atoms with Gasteiger partial charge in [-0.2, -0.15) is 0 Å². The highest BCUT2D eigenvalue weighted by Gasteiger charge is 2.28. The molecule has 0 saturated carbocycles. The van der Waals surface area contributed by atoms with Crippen molar-refractivity contribution in [2.45, 2.75) is 17.7 Å². The van der Waals surface area contributed by atoms with Gasteiger partial charge < -0.3 is 11.1 Å². The largest absolute Gasteiger partial charge is 0.522 e. The minimum atomic E-state index is -4.78. The number of carbonyl (C=O) groups is 1. The average Bonchev–Trinajstić information content (AvgIpc) is 2.71. The van der Waals surface area contributed by atoms with E-state index in [1.807, 2.05) is 0 Å². The van der Waals surface area contributed by atoms with Crippen molar-refractivity contribution in [3.63, 3.8) is 0 Å². The highest BCUT2D eigenvalue weighted by atomic mass is 35.5. The monoisotopic (exact) mass is 504 g/mol. The van der Waals surface area contributed by atoms with E-state index in [2.05, 4.69) is 15.0 Å². The molecule has 33 heavy (non-hydrogen) atoms. The zero-order valence-corrected chi connectivity index (χ0v) is 18.5. The maximum absolute atomic E-state index is 12.3. The third-order valence-electron chi connectivity index (χ3n) is 4.09. The van der Waals surface area contributed by atoms with Crippen LogP contribution in [0.3, 0.4) is 0 Å². The molecule has 8 nitrogen and oxygen atoms in total. The summed E-state index contributed by atoms with van der Waals surface area (Å²) in [5.74, 6) is -0.447. The first kappa shape index (κ1) is 26.3. The smallest absolute Gasteiger partial charge is 0.404 e. The van der Waals surface area contributed by atoms with Gasteiger partial charge in [0.15, 0.2) is 0 Å². The molecule has 178 valence electrons. The number of alkyl halides is 3. The predicted molar refractivity (Wildman–Crippen MR) is 119 cm³/mol. The van der Waals surface area contributed by atoms with Crippen molar-refractivity contribution in [3.8, 4) is 0 Å². The first-order valence-electron chi connectivity index (χ1n) is 9.23. The number of rotatable bonds is 9. The number of ether oxygens (including phenoxy) is 1. The summed E-state index contributed by atoms with van der Waals surface area (Å²) >= 11 is 6.04. The van der Waals surface area contributed by atoms with Gasteiger partial charge in [-0.15, -0.1) is 13.2 Å². The highest BCUT2D eigenvalue weighted by molar-refractivity contribution is 7.89. The van der Waals surface area contributed by atoms with E-state index in [0.717, 1.165) is 18.5 Å². The standard InChI is InChI=1S/C20H20ClF3N4O4S/c21-17-4-2-1-3-13(17)9-19(29)28-15-5-6-16(18(10-15)33(26,30)31)14(11-25)12-27-7-8-32-20(22,23)24/h1-6,10-12H,7-9,25H2,(H,28,29)(H2,26,30,31). The van der Waals surface area contributed by atoms with Gasteiger partial charge >= 0.3 is 6.36 Å². The molecule has 2 rings (SSSR count). The molecule has 2 aromatic carbocycles. The van der Waals surface area contributed by atoms with E-state index in [0.29, 0.717) is 10.6 Å². The van der Waals surface area contributed by atoms with Gasteiger partial charge in [-0.25, -0.2) is 13.6 Å². The molecule has 0 atom stereocenters. The lowest BCUT2D eigenvalue weighted by molar-refractivity contribution is -0.323. The summed E-state index contributed by atoms with van der Waals surface area (Å²) in [6, 6.07) is 10.6. The number of carbonyl (C=O) groups excluding carboxylic acids is 1. The fourth-order valence-corrected chi connectivity index (χ4v) is 3.66. The van der Waals surface area contributed by atoms with Crippen LogP contribution in [0.5, 0.6) is 0 Å². The summed E-state index contributed by atoms with van der Waals surface area (Å²) in [5, 5.41) is 8.27. The van der Waals surface area contributed by atoms with Crippen molar-refractivity contribution < 1.29 is 31.1 Å². The van der Waals surface area contributed by atoms with Crippen LogP contribution in [0.15, 0.2) is 58.6 Å². The number of halogens is 4. The molecule has 0 fully saturated rings. The Kier molecular flexibility index (Phi) is 8.99. The second-order valence-electron chi connectivity index (χ2n) is 6.52. The first-order valence-corrected chi connectivity index (χ1v) is 11.2. The zero-order valence-electron chi connectivity index (χ0n) is 17.0. The number of nitrogens with two attached hydrogens (primary N) is 2. The number of amides is 1. The third kappa shape index (κ3) is 8.50. The summed E-state index contributed by atoms with van der Waals surface area (Å²) in [5.41, 5.74) is 6.39. The topological polar surface area (TPSA) is 137 Å². The zero-order chi connectivity index (χ0) is 24.6. The van der Waals surface area contributed by atoms with Gasteiger partial charge in [0.05, 0.1) is 24.5 Å². The van der Waals surface area contributed by atoms with Crippen LogP contribution >= 0.6 is 11.6 Å². The molecule has 2 aromatic rings. The molecular formula is C20H20ClF3N4O4S. The van der Waals surface area contributed by atoms with E-state index >= 15 is 0 Å². The van der Waals surface area contributed by atoms with Crippen LogP contribution in [0.4, 0.5) is 18.9 Å². The van der Waals surface area contributed by atoms with E-state index < -0.39 is 28.9 Å². The second-order valence-corrected chi connectivity index (χ2v) is 8.46. The van der Waals surface area contributed by atoms with Crippen molar-refractivity contribution in [2.75, 3.05) is 18.5 Å². The van der Waals surface area contributed by atoms with Gasteiger partial charge in [-0.3, -0.25) is 14.5 Å². The number of primary sulfonamides is 1. The van der Waals surface area contributed by atoms with Gasteiger partial charge in [0, 0.05) is 34.3 Å². The Morgan fingerprint density at radius 2 is 1.91 bits per heavy atom. The Hall–Kier alpha value is -2.93. The molecule has 0 saturated heterocycles. The Labute approximate surface area is 193 Å². The van der Waals surface area contributed by atoms with Crippen LogP contribution in [0, 0.1) is 0 Å². The number of hydrogen-bond donors (Lipinski definition) is 3. The molecule has 0 aromatic heterocycles. The quantitative estimate of drug-likeness (QED) is 0.356. The van der Waals surface area contributed by atoms with Crippen LogP contribution in [0.1, 0.15) is 11.1 Å². The lowest BCUT2D eigenvalue weighted by atomic mass is 10.1. The van der Waals surface area contributed by atoms with Crippen LogP contribution in [0.25, 0.3) is 5.57 Å². The van der Waals surface area contributed by atoms with Crippen molar-refractivity contribution in [3.05, 3.63) is 64.8 Å². The van der Waals surface area contributed by atoms with E-state index in [4.69, 9.17) is 22.5 Å². The molecule has 0 aliphatic heterocycles. The Bertz CT molecular complexity index is 1170. The van der Waals surface area contributed by atoms with Gasteiger partial charge in [0.1, 0.15) is 0 Å². The number of nitrogens with zero attached hydrogens (tertiary/aromatic N) is 1. The van der Waals surface area contributed by atoms with Gasteiger partial charge in [-0.1, -0.05) is 35.9 Å².